The van der Waals surface area contributed by atoms with Crippen LogP contribution in [0.15, 0.2) is 217 Å². The largest absolute Gasteiger partial charge is 0.456 e. The summed E-state index contributed by atoms with van der Waals surface area (Å²) in [6, 6.07) is 75.5. The lowest BCUT2D eigenvalue weighted by Crippen LogP contribution is -2.04. The number of aromatic nitrogens is 5. The molecule has 7 heteroatoms. The zero-order chi connectivity index (χ0) is 44.5. The molecule has 0 amide bonds. The van der Waals surface area contributed by atoms with Crippen LogP contribution in [0, 0.1) is 0 Å². The fourth-order valence-electron chi connectivity index (χ4n) is 10.7. The van der Waals surface area contributed by atoms with E-state index < -0.39 is 0 Å². The van der Waals surface area contributed by atoms with Crippen LogP contribution in [0.3, 0.4) is 0 Å². The van der Waals surface area contributed by atoms with Crippen molar-refractivity contribution in [2.75, 3.05) is 0 Å². The molecule has 0 radical (unpaired) electrons. The van der Waals surface area contributed by atoms with Gasteiger partial charge in [-0.15, -0.1) is 11.3 Å². The SMILES string of the molecule is c1ccc(-n2c3ccccc3c3ccc(-c4nc(-c5ccc6sc7ccccc7c6c5)nc(-c5c(-n6c7ccccc7c7cc8ccccc8cc76)ccc6oc7ccccc7c56)n4)cc32)cc1. The van der Waals surface area contributed by atoms with E-state index in [2.05, 4.69) is 209 Å². The van der Waals surface area contributed by atoms with Gasteiger partial charge in [0.15, 0.2) is 17.5 Å². The highest BCUT2D eigenvalue weighted by Crippen LogP contribution is 2.45. The Kier molecular flexibility index (Phi) is 7.85. The van der Waals surface area contributed by atoms with Gasteiger partial charge in [0, 0.05) is 69.3 Å². The number of furan rings is 1. The van der Waals surface area contributed by atoms with Crippen molar-refractivity contribution in [2.24, 2.45) is 0 Å². The molecule has 15 rings (SSSR count). The molecule has 10 aromatic carbocycles. The second-order valence-corrected chi connectivity index (χ2v) is 18.6. The van der Waals surface area contributed by atoms with Crippen LogP contribution in [0.25, 0.3) is 142 Å². The first-order valence-electron chi connectivity index (χ1n) is 22.8. The van der Waals surface area contributed by atoms with Crippen molar-refractivity contribution in [1.29, 1.82) is 0 Å². The fourth-order valence-corrected chi connectivity index (χ4v) is 11.8. The summed E-state index contributed by atoms with van der Waals surface area (Å²) in [5.41, 5.74) is 10.7. The summed E-state index contributed by atoms with van der Waals surface area (Å²) in [7, 11) is 0. The minimum atomic E-state index is 0.558. The van der Waals surface area contributed by atoms with Crippen LogP contribution in [-0.2, 0) is 0 Å². The molecular weight excluding hydrogens is 851 g/mol. The van der Waals surface area contributed by atoms with Crippen molar-refractivity contribution in [2.45, 2.75) is 0 Å². The third-order valence-electron chi connectivity index (χ3n) is 13.7. The summed E-state index contributed by atoms with van der Waals surface area (Å²) >= 11 is 1.81. The molecule has 0 N–H and O–H groups in total. The Hall–Kier alpha value is -8.91. The van der Waals surface area contributed by atoms with Gasteiger partial charge in [-0.25, -0.2) is 15.0 Å². The second-order valence-electron chi connectivity index (χ2n) is 17.5. The fraction of sp³-hybridized carbons (Fsp3) is 0. The Morgan fingerprint density at radius 2 is 0.941 bits per heavy atom. The molecule has 68 heavy (non-hydrogen) atoms. The maximum Gasteiger partial charge on any atom is 0.166 e. The highest BCUT2D eigenvalue weighted by atomic mass is 32.1. The van der Waals surface area contributed by atoms with Crippen LogP contribution in [0.5, 0.6) is 0 Å². The standard InChI is InChI=1S/C61H35N5OS/c1-2-16-40(17-3-1)65-48-22-10-6-18-41(48)43-28-26-39(35-51(43)65)60-62-59(38-27-31-56-47(33-38)44-20-9-13-25-55(44)68-56)63-61(64-60)58-50(29-30-54-57(58)45-21-8-12-24-53(45)67-54)66-49-23-11-7-19-42(49)46-32-36-14-4-5-15-37(36)34-52(46)66/h1-35H. The van der Waals surface area contributed by atoms with E-state index in [0.717, 1.165) is 77.5 Å². The molecular formula is C61H35N5OS. The molecule has 5 heterocycles. The van der Waals surface area contributed by atoms with E-state index in [1.165, 1.54) is 47.1 Å². The van der Waals surface area contributed by atoms with Crippen LogP contribution in [-0.4, -0.2) is 24.1 Å². The molecule has 0 aliphatic carbocycles. The van der Waals surface area contributed by atoms with Gasteiger partial charge in [-0.05, 0) is 95.7 Å². The van der Waals surface area contributed by atoms with E-state index in [4.69, 9.17) is 19.4 Å². The Bertz CT molecular complexity index is 4580. The molecule has 316 valence electrons. The monoisotopic (exact) mass is 885 g/mol. The zero-order valence-electron chi connectivity index (χ0n) is 36.3. The number of hydrogen-bond acceptors (Lipinski definition) is 5. The quantitative estimate of drug-likeness (QED) is 0.173. The van der Waals surface area contributed by atoms with Gasteiger partial charge in [-0.2, -0.15) is 0 Å². The molecule has 0 fully saturated rings. The highest BCUT2D eigenvalue weighted by Gasteiger charge is 2.25. The number of para-hydroxylation sites is 4. The maximum absolute atomic E-state index is 6.68. The first-order valence-corrected chi connectivity index (χ1v) is 23.7. The Balaban J connectivity index is 1.06. The number of hydrogen-bond donors (Lipinski definition) is 0. The first-order chi connectivity index (χ1) is 33.7. The van der Waals surface area contributed by atoms with Gasteiger partial charge >= 0.3 is 0 Å². The van der Waals surface area contributed by atoms with E-state index in [1.807, 2.05) is 12.1 Å². The van der Waals surface area contributed by atoms with E-state index in [1.54, 1.807) is 11.3 Å². The van der Waals surface area contributed by atoms with Crippen LogP contribution < -0.4 is 0 Å². The Morgan fingerprint density at radius 3 is 1.76 bits per heavy atom. The van der Waals surface area contributed by atoms with Crippen molar-refractivity contribution < 1.29 is 4.42 Å². The third-order valence-corrected chi connectivity index (χ3v) is 14.9. The molecule has 0 atom stereocenters. The van der Waals surface area contributed by atoms with Crippen molar-refractivity contribution in [3.05, 3.63) is 212 Å². The third kappa shape index (κ3) is 5.48. The van der Waals surface area contributed by atoms with Crippen molar-refractivity contribution in [1.82, 2.24) is 24.1 Å². The van der Waals surface area contributed by atoms with Crippen molar-refractivity contribution >= 4 is 108 Å². The molecule has 0 aliphatic rings. The van der Waals surface area contributed by atoms with Gasteiger partial charge in [0.25, 0.3) is 0 Å². The molecule has 0 saturated heterocycles. The van der Waals surface area contributed by atoms with Crippen LogP contribution in [0.4, 0.5) is 0 Å². The average Bonchev–Trinajstić information content (AvgIpc) is 4.15. The van der Waals surface area contributed by atoms with Gasteiger partial charge in [-0.3, -0.25) is 0 Å². The predicted octanol–water partition coefficient (Wildman–Crippen LogP) is 16.5. The summed E-state index contributed by atoms with van der Waals surface area (Å²) in [6.07, 6.45) is 0. The van der Waals surface area contributed by atoms with Crippen molar-refractivity contribution in [3.63, 3.8) is 0 Å². The molecule has 15 aromatic rings. The lowest BCUT2D eigenvalue weighted by molar-refractivity contribution is 0.669. The Morgan fingerprint density at radius 1 is 0.353 bits per heavy atom. The molecule has 5 aromatic heterocycles. The first kappa shape index (κ1) is 37.3. The summed E-state index contributed by atoms with van der Waals surface area (Å²) in [6.45, 7) is 0. The number of thiophene rings is 1. The average molecular weight is 886 g/mol. The molecule has 0 bridgehead atoms. The number of fused-ring (bicyclic) bond motifs is 13. The predicted molar refractivity (Wildman–Crippen MR) is 282 cm³/mol. The molecule has 0 aliphatic heterocycles. The smallest absolute Gasteiger partial charge is 0.166 e. The summed E-state index contributed by atoms with van der Waals surface area (Å²) in [4.78, 5) is 16.6. The number of benzene rings is 10. The summed E-state index contributed by atoms with van der Waals surface area (Å²) in [5, 5.41) is 11.4. The number of nitrogens with zero attached hydrogens (tertiary/aromatic N) is 5. The van der Waals surface area contributed by atoms with E-state index >= 15 is 0 Å². The van der Waals surface area contributed by atoms with Gasteiger partial charge in [0.1, 0.15) is 11.2 Å². The summed E-state index contributed by atoms with van der Waals surface area (Å²) in [5.74, 6) is 1.73. The van der Waals surface area contributed by atoms with Gasteiger partial charge < -0.3 is 13.6 Å². The normalized spacial score (nSPS) is 12.1. The minimum Gasteiger partial charge on any atom is -0.456 e. The van der Waals surface area contributed by atoms with E-state index in [-0.39, 0.29) is 0 Å². The molecule has 6 nitrogen and oxygen atoms in total. The van der Waals surface area contributed by atoms with Crippen LogP contribution in [0.2, 0.25) is 0 Å². The Labute approximate surface area is 392 Å². The molecule has 0 spiro atoms. The highest BCUT2D eigenvalue weighted by molar-refractivity contribution is 7.25. The van der Waals surface area contributed by atoms with Crippen LogP contribution in [0.1, 0.15) is 0 Å². The molecule has 0 saturated carbocycles. The molecule has 0 unspecified atom stereocenters. The van der Waals surface area contributed by atoms with Crippen LogP contribution >= 0.6 is 11.3 Å². The van der Waals surface area contributed by atoms with Gasteiger partial charge in [0.2, 0.25) is 0 Å². The lowest BCUT2D eigenvalue weighted by atomic mass is 10.0. The number of rotatable bonds is 5. The van der Waals surface area contributed by atoms with E-state index in [9.17, 15) is 0 Å². The summed E-state index contributed by atoms with van der Waals surface area (Å²) < 4.78 is 13.9. The minimum absolute atomic E-state index is 0.558. The van der Waals surface area contributed by atoms with Crippen molar-refractivity contribution in [3.8, 4) is 45.5 Å². The van der Waals surface area contributed by atoms with Gasteiger partial charge in [0.05, 0.1) is 33.3 Å². The second kappa shape index (κ2) is 14.3. The zero-order valence-corrected chi connectivity index (χ0v) is 37.1. The lowest BCUT2D eigenvalue weighted by Gasteiger charge is -2.16. The topological polar surface area (TPSA) is 61.7 Å². The maximum atomic E-state index is 6.68. The van der Waals surface area contributed by atoms with E-state index in [0.29, 0.717) is 17.5 Å². The van der Waals surface area contributed by atoms with Gasteiger partial charge in [-0.1, -0.05) is 127 Å².